The van der Waals surface area contributed by atoms with Crippen LogP contribution in [0.2, 0.25) is 5.02 Å². The first kappa shape index (κ1) is 18.5. The summed E-state index contributed by atoms with van der Waals surface area (Å²) in [7, 11) is 1.56. The van der Waals surface area contributed by atoms with Crippen LogP contribution >= 0.6 is 27.5 Å². The maximum atomic E-state index is 12.5. The summed E-state index contributed by atoms with van der Waals surface area (Å²) in [6.07, 6.45) is 0. The first-order valence-electron chi connectivity index (χ1n) is 7.66. The van der Waals surface area contributed by atoms with Crippen molar-refractivity contribution in [3.63, 3.8) is 0 Å². The van der Waals surface area contributed by atoms with Crippen LogP contribution in [-0.2, 0) is 6.61 Å². The van der Waals surface area contributed by atoms with Crippen LogP contribution in [0.3, 0.4) is 0 Å². The van der Waals surface area contributed by atoms with Crippen molar-refractivity contribution in [1.82, 2.24) is 0 Å². The number of anilines is 1. The molecular formula is C19H15BrClNO4. The van der Waals surface area contributed by atoms with E-state index in [9.17, 15) is 4.79 Å². The maximum absolute atomic E-state index is 12.5. The van der Waals surface area contributed by atoms with Crippen molar-refractivity contribution in [2.45, 2.75) is 6.61 Å². The van der Waals surface area contributed by atoms with E-state index in [0.29, 0.717) is 38.0 Å². The summed E-state index contributed by atoms with van der Waals surface area (Å²) < 4.78 is 11.4. The van der Waals surface area contributed by atoms with Gasteiger partial charge in [-0.05, 0) is 64.5 Å². The molecule has 0 fully saturated rings. The molecular weight excluding hydrogens is 422 g/mol. The minimum atomic E-state index is -0.303. The minimum Gasteiger partial charge on any atom is -0.496 e. The highest BCUT2D eigenvalue weighted by atomic mass is 79.9. The molecule has 0 aliphatic heterocycles. The van der Waals surface area contributed by atoms with Gasteiger partial charge in [0, 0.05) is 11.1 Å². The number of benzene rings is 2. The molecule has 1 aromatic heterocycles. The molecule has 0 atom stereocenters. The smallest absolute Gasteiger partial charge is 0.255 e. The largest absolute Gasteiger partial charge is 0.496 e. The Kier molecular flexibility index (Phi) is 5.66. The molecule has 7 heteroatoms. The molecule has 0 bridgehead atoms. The zero-order chi connectivity index (χ0) is 18.7. The second kappa shape index (κ2) is 7.95. The highest BCUT2D eigenvalue weighted by molar-refractivity contribution is 9.10. The van der Waals surface area contributed by atoms with Crippen molar-refractivity contribution in [2.75, 3.05) is 12.4 Å². The monoisotopic (exact) mass is 435 g/mol. The molecule has 1 heterocycles. The minimum absolute atomic E-state index is 0.177. The van der Waals surface area contributed by atoms with Crippen molar-refractivity contribution in [3.8, 4) is 17.1 Å². The predicted octanol–water partition coefficient (Wildman–Crippen LogP) is 5.12. The van der Waals surface area contributed by atoms with Crippen LogP contribution in [0, 0.1) is 0 Å². The molecule has 5 nitrogen and oxygen atoms in total. The molecule has 0 spiro atoms. The Morgan fingerprint density at radius 2 is 2.04 bits per heavy atom. The van der Waals surface area contributed by atoms with E-state index in [1.807, 2.05) is 0 Å². The SMILES string of the molecule is COc1ccc(C(=O)Nc2cc(-c3ccc(CO)o3)ccc2Cl)cc1Br. The van der Waals surface area contributed by atoms with Gasteiger partial charge in [0.15, 0.2) is 0 Å². The summed E-state index contributed by atoms with van der Waals surface area (Å²) in [4.78, 5) is 12.5. The first-order chi connectivity index (χ1) is 12.5. The Hall–Kier alpha value is -2.28. The van der Waals surface area contributed by atoms with Gasteiger partial charge in [-0.25, -0.2) is 0 Å². The fraction of sp³-hybridized carbons (Fsp3) is 0.105. The Morgan fingerprint density at radius 3 is 2.69 bits per heavy atom. The van der Waals surface area contributed by atoms with Gasteiger partial charge in [-0.15, -0.1) is 0 Å². The Balaban J connectivity index is 1.86. The molecule has 0 saturated heterocycles. The molecule has 3 rings (SSSR count). The number of amides is 1. The topological polar surface area (TPSA) is 71.7 Å². The lowest BCUT2D eigenvalue weighted by Crippen LogP contribution is -2.12. The van der Waals surface area contributed by atoms with Crippen LogP contribution in [-0.4, -0.2) is 18.1 Å². The molecule has 26 heavy (non-hydrogen) atoms. The highest BCUT2D eigenvalue weighted by Crippen LogP contribution is 2.31. The van der Waals surface area contributed by atoms with Crippen molar-refractivity contribution in [1.29, 1.82) is 0 Å². The number of hydrogen-bond donors (Lipinski definition) is 2. The van der Waals surface area contributed by atoms with Gasteiger partial charge in [0.1, 0.15) is 23.9 Å². The third-order valence-corrected chi connectivity index (χ3v) is 4.68. The molecule has 0 aliphatic rings. The zero-order valence-corrected chi connectivity index (χ0v) is 16.1. The van der Waals surface area contributed by atoms with Crippen molar-refractivity contribution in [2.24, 2.45) is 0 Å². The van der Waals surface area contributed by atoms with Crippen LogP contribution in [0.15, 0.2) is 57.4 Å². The number of nitrogens with one attached hydrogen (secondary N) is 1. The van der Waals surface area contributed by atoms with Gasteiger partial charge in [-0.1, -0.05) is 11.6 Å². The number of methoxy groups -OCH3 is 1. The average molecular weight is 437 g/mol. The van der Waals surface area contributed by atoms with Crippen molar-refractivity contribution >= 4 is 39.1 Å². The van der Waals surface area contributed by atoms with Gasteiger partial charge in [-0.3, -0.25) is 4.79 Å². The number of ether oxygens (including phenoxy) is 1. The Labute approximate surface area is 163 Å². The van der Waals surface area contributed by atoms with E-state index in [1.165, 1.54) is 0 Å². The number of carbonyl (C=O) groups excluding carboxylic acids is 1. The van der Waals surface area contributed by atoms with E-state index in [-0.39, 0.29) is 12.5 Å². The molecule has 2 N–H and O–H groups in total. The first-order valence-corrected chi connectivity index (χ1v) is 8.83. The number of hydrogen-bond acceptors (Lipinski definition) is 4. The second-order valence-corrected chi connectivity index (χ2v) is 6.68. The molecule has 3 aromatic rings. The summed E-state index contributed by atoms with van der Waals surface area (Å²) in [6.45, 7) is -0.177. The van der Waals surface area contributed by atoms with Crippen molar-refractivity contribution in [3.05, 3.63) is 69.3 Å². The van der Waals surface area contributed by atoms with E-state index in [2.05, 4.69) is 21.2 Å². The Morgan fingerprint density at radius 1 is 1.23 bits per heavy atom. The number of rotatable bonds is 5. The highest BCUT2D eigenvalue weighted by Gasteiger charge is 2.13. The zero-order valence-electron chi connectivity index (χ0n) is 13.8. The standard InChI is InChI=1S/C19H15BrClNO4/c1-25-18-6-3-12(8-14(18)20)19(24)22-16-9-11(2-5-15(16)21)17-7-4-13(10-23)26-17/h2-9,23H,10H2,1H3,(H,22,24). The fourth-order valence-corrected chi connectivity index (χ4v) is 3.10. The third-order valence-electron chi connectivity index (χ3n) is 3.73. The lowest BCUT2D eigenvalue weighted by atomic mass is 10.1. The molecule has 0 radical (unpaired) electrons. The quantitative estimate of drug-likeness (QED) is 0.582. The van der Waals surface area contributed by atoms with E-state index in [0.717, 1.165) is 5.56 Å². The summed E-state index contributed by atoms with van der Waals surface area (Å²) in [6, 6.07) is 13.7. The van der Waals surface area contributed by atoms with Crippen molar-refractivity contribution < 1.29 is 19.1 Å². The lowest BCUT2D eigenvalue weighted by molar-refractivity contribution is 0.102. The summed E-state index contributed by atoms with van der Waals surface area (Å²) in [5.41, 5.74) is 1.66. The summed E-state index contributed by atoms with van der Waals surface area (Å²) in [5, 5.41) is 12.3. The number of aliphatic hydroxyl groups is 1. The van der Waals surface area contributed by atoms with E-state index < -0.39 is 0 Å². The third kappa shape index (κ3) is 3.93. The van der Waals surface area contributed by atoms with Gasteiger partial charge >= 0.3 is 0 Å². The van der Waals surface area contributed by atoms with E-state index in [1.54, 1.807) is 55.6 Å². The molecule has 134 valence electrons. The number of carbonyl (C=O) groups is 1. The molecule has 1 amide bonds. The molecule has 2 aromatic carbocycles. The predicted molar refractivity (Wildman–Crippen MR) is 104 cm³/mol. The fourth-order valence-electron chi connectivity index (χ4n) is 2.39. The van der Waals surface area contributed by atoms with Crippen LogP contribution in [0.1, 0.15) is 16.1 Å². The number of furan rings is 1. The van der Waals surface area contributed by atoms with Crippen LogP contribution < -0.4 is 10.1 Å². The van der Waals surface area contributed by atoms with Gasteiger partial charge in [0.05, 0.1) is 22.3 Å². The maximum Gasteiger partial charge on any atom is 0.255 e. The van der Waals surface area contributed by atoms with E-state index in [4.69, 9.17) is 25.9 Å². The van der Waals surface area contributed by atoms with Gasteiger partial charge in [0.2, 0.25) is 0 Å². The van der Waals surface area contributed by atoms with Gasteiger partial charge < -0.3 is 19.6 Å². The van der Waals surface area contributed by atoms with Crippen LogP contribution in [0.5, 0.6) is 5.75 Å². The lowest BCUT2D eigenvalue weighted by Gasteiger charge is -2.10. The Bertz CT molecular complexity index is 954. The van der Waals surface area contributed by atoms with Crippen LogP contribution in [0.4, 0.5) is 5.69 Å². The summed E-state index contributed by atoms with van der Waals surface area (Å²) >= 11 is 9.57. The molecule has 0 unspecified atom stereocenters. The van der Waals surface area contributed by atoms with Crippen LogP contribution in [0.25, 0.3) is 11.3 Å². The average Bonchev–Trinajstić information content (AvgIpc) is 3.12. The number of halogens is 2. The molecule has 0 aliphatic carbocycles. The normalized spacial score (nSPS) is 10.6. The second-order valence-electron chi connectivity index (χ2n) is 5.42. The van der Waals surface area contributed by atoms with Gasteiger partial charge in [0.25, 0.3) is 5.91 Å². The number of aliphatic hydroxyl groups excluding tert-OH is 1. The van der Waals surface area contributed by atoms with E-state index >= 15 is 0 Å². The van der Waals surface area contributed by atoms with Gasteiger partial charge in [-0.2, -0.15) is 0 Å². The molecule has 0 saturated carbocycles. The summed E-state index contributed by atoms with van der Waals surface area (Å²) in [5.74, 6) is 1.37.